The van der Waals surface area contributed by atoms with Crippen LogP contribution in [0.1, 0.15) is 10.4 Å². The number of piperazine rings is 1. The Balaban J connectivity index is 1.24. The first-order chi connectivity index (χ1) is 14.3. The standard InChI is InChI=1S/C22H29N5O2/c28-22(27-12-10-26(11-13-27)20-4-2-1-3-5-20)19-6-7-21(24-18-19)23-8-9-25-14-16-29-17-15-25/h1-7,18H,8-17H2,(H,23,24). The van der Waals surface area contributed by atoms with Crippen LogP contribution in [0.3, 0.4) is 0 Å². The van der Waals surface area contributed by atoms with E-state index in [2.05, 4.69) is 44.4 Å². The van der Waals surface area contributed by atoms with Crippen LogP contribution in [0, 0.1) is 0 Å². The molecule has 0 spiro atoms. The molecule has 0 radical (unpaired) electrons. The first-order valence-corrected chi connectivity index (χ1v) is 10.4. The number of anilines is 2. The first-order valence-electron chi connectivity index (χ1n) is 10.4. The van der Waals surface area contributed by atoms with Crippen molar-refractivity contribution in [1.82, 2.24) is 14.8 Å². The monoisotopic (exact) mass is 395 g/mol. The number of nitrogens with zero attached hydrogens (tertiary/aromatic N) is 4. The topological polar surface area (TPSA) is 60.9 Å². The van der Waals surface area contributed by atoms with Gasteiger partial charge in [-0.3, -0.25) is 9.69 Å². The zero-order valence-corrected chi connectivity index (χ0v) is 16.8. The van der Waals surface area contributed by atoms with Gasteiger partial charge in [0.25, 0.3) is 5.91 Å². The van der Waals surface area contributed by atoms with E-state index in [9.17, 15) is 4.79 Å². The summed E-state index contributed by atoms with van der Waals surface area (Å²) in [5, 5.41) is 3.34. The minimum Gasteiger partial charge on any atom is -0.379 e. The molecule has 2 aromatic rings. The highest BCUT2D eigenvalue weighted by atomic mass is 16.5. The van der Waals surface area contributed by atoms with Crippen LogP contribution in [0.2, 0.25) is 0 Å². The molecule has 2 aliphatic heterocycles. The Morgan fingerprint density at radius 2 is 1.72 bits per heavy atom. The molecule has 1 aromatic carbocycles. The van der Waals surface area contributed by atoms with Crippen LogP contribution in [0.5, 0.6) is 0 Å². The van der Waals surface area contributed by atoms with Crippen molar-refractivity contribution in [3.8, 4) is 0 Å². The van der Waals surface area contributed by atoms with Gasteiger partial charge in [-0.25, -0.2) is 4.98 Å². The lowest BCUT2D eigenvalue weighted by molar-refractivity contribution is 0.0398. The van der Waals surface area contributed by atoms with E-state index in [0.717, 1.165) is 71.4 Å². The van der Waals surface area contributed by atoms with Gasteiger partial charge in [0.1, 0.15) is 5.82 Å². The van der Waals surface area contributed by atoms with E-state index in [1.54, 1.807) is 6.20 Å². The number of nitrogens with one attached hydrogen (secondary N) is 1. The highest BCUT2D eigenvalue weighted by molar-refractivity contribution is 5.94. The van der Waals surface area contributed by atoms with Crippen LogP contribution in [-0.4, -0.2) is 86.3 Å². The fourth-order valence-electron chi connectivity index (χ4n) is 3.78. The predicted octanol–water partition coefficient (Wildman–Crippen LogP) is 1.79. The zero-order valence-electron chi connectivity index (χ0n) is 16.8. The first kappa shape index (κ1) is 19.7. The molecule has 2 fully saturated rings. The molecule has 3 heterocycles. The molecule has 29 heavy (non-hydrogen) atoms. The summed E-state index contributed by atoms with van der Waals surface area (Å²) in [7, 11) is 0. The second-order valence-corrected chi connectivity index (χ2v) is 7.43. The van der Waals surface area contributed by atoms with Crippen LogP contribution in [0.25, 0.3) is 0 Å². The van der Waals surface area contributed by atoms with E-state index in [1.807, 2.05) is 23.1 Å². The number of hydrogen-bond donors (Lipinski definition) is 1. The van der Waals surface area contributed by atoms with Gasteiger partial charge >= 0.3 is 0 Å². The molecule has 4 rings (SSSR count). The fraction of sp³-hybridized carbons (Fsp3) is 0.455. The summed E-state index contributed by atoms with van der Waals surface area (Å²) >= 11 is 0. The van der Waals surface area contributed by atoms with Crippen LogP contribution in [-0.2, 0) is 4.74 Å². The van der Waals surface area contributed by atoms with Crippen LogP contribution < -0.4 is 10.2 Å². The van der Waals surface area contributed by atoms with Crippen molar-refractivity contribution in [2.24, 2.45) is 0 Å². The quantitative estimate of drug-likeness (QED) is 0.805. The van der Waals surface area contributed by atoms with E-state index in [1.165, 1.54) is 5.69 Å². The smallest absolute Gasteiger partial charge is 0.255 e. The summed E-state index contributed by atoms with van der Waals surface area (Å²) in [5.74, 6) is 0.869. The van der Waals surface area contributed by atoms with Crippen molar-refractivity contribution in [2.75, 3.05) is 75.8 Å². The third kappa shape index (κ3) is 5.25. The summed E-state index contributed by atoms with van der Waals surface area (Å²) in [6.07, 6.45) is 1.68. The van der Waals surface area contributed by atoms with Gasteiger partial charge in [-0.15, -0.1) is 0 Å². The molecule has 1 aromatic heterocycles. The van der Waals surface area contributed by atoms with E-state index >= 15 is 0 Å². The average molecular weight is 396 g/mol. The normalized spacial score (nSPS) is 17.9. The number of aromatic nitrogens is 1. The van der Waals surface area contributed by atoms with E-state index in [-0.39, 0.29) is 5.91 Å². The Labute approximate surface area is 172 Å². The van der Waals surface area contributed by atoms with Crippen LogP contribution >= 0.6 is 0 Å². The number of rotatable bonds is 6. The van der Waals surface area contributed by atoms with Gasteiger partial charge < -0.3 is 19.9 Å². The van der Waals surface area contributed by atoms with Crippen molar-refractivity contribution in [1.29, 1.82) is 0 Å². The maximum Gasteiger partial charge on any atom is 0.255 e. The Morgan fingerprint density at radius 3 is 2.41 bits per heavy atom. The molecule has 0 saturated carbocycles. The number of ether oxygens (including phenoxy) is 1. The predicted molar refractivity (Wildman–Crippen MR) is 115 cm³/mol. The van der Waals surface area contributed by atoms with Crippen molar-refractivity contribution in [3.05, 3.63) is 54.2 Å². The highest BCUT2D eigenvalue weighted by Crippen LogP contribution is 2.17. The SMILES string of the molecule is O=C(c1ccc(NCCN2CCOCC2)nc1)N1CCN(c2ccccc2)CC1. The summed E-state index contributed by atoms with van der Waals surface area (Å²) in [4.78, 5) is 23.9. The second kappa shape index (κ2) is 9.71. The van der Waals surface area contributed by atoms with Crippen molar-refractivity contribution in [3.63, 3.8) is 0 Å². The summed E-state index contributed by atoms with van der Waals surface area (Å²) < 4.78 is 5.37. The maximum atomic E-state index is 12.8. The summed E-state index contributed by atoms with van der Waals surface area (Å²) in [6.45, 7) is 8.57. The van der Waals surface area contributed by atoms with Gasteiger partial charge in [0, 0.05) is 64.2 Å². The minimum absolute atomic E-state index is 0.0603. The molecule has 2 aliphatic rings. The van der Waals surface area contributed by atoms with Gasteiger partial charge in [0.05, 0.1) is 18.8 Å². The van der Waals surface area contributed by atoms with Crippen LogP contribution in [0.15, 0.2) is 48.7 Å². The number of carbonyl (C=O) groups excluding carboxylic acids is 1. The molecular formula is C22H29N5O2. The molecule has 154 valence electrons. The number of morpholine rings is 1. The van der Waals surface area contributed by atoms with Gasteiger partial charge in [0.15, 0.2) is 0 Å². The molecule has 1 amide bonds. The molecule has 0 atom stereocenters. The summed E-state index contributed by atoms with van der Waals surface area (Å²) in [5.41, 5.74) is 1.87. The zero-order chi connectivity index (χ0) is 19.9. The van der Waals surface area contributed by atoms with E-state index in [4.69, 9.17) is 4.74 Å². The summed E-state index contributed by atoms with van der Waals surface area (Å²) in [6, 6.07) is 14.1. The molecule has 7 nitrogen and oxygen atoms in total. The highest BCUT2D eigenvalue weighted by Gasteiger charge is 2.22. The molecule has 1 N–H and O–H groups in total. The van der Waals surface area contributed by atoms with Gasteiger partial charge in [-0.05, 0) is 24.3 Å². The third-order valence-electron chi connectivity index (χ3n) is 5.54. The van der Waals surface area contributed by atoms with Gasteiger partial charge in [0.2, 0.25) is 0 Å². The fourth-order valence-corrected chi connectivity index (χ4v) is 3.78. The molecule has 0 unspecified atom stereocenters. The van der Waals surface area contributed by atoms with Crippen molar-refractivity contribution < 1.29 is 9.53 Å². The Bertz CT molecular complexity index is 770. The molecule has 0 bridgehead atoms. The molecular weight excluding hydrogens is 366 g/mol. The average Bonchev–Trinajstić information content (AvgIpc) is 2.80. The lowest BCUT2D eigenvalue weighted by atomic mass is 10.2. The number of hydrogen-bond acceptors (Lipinski definition) is 6. The number of para-hydroxylation sites is 1. The Kier molecular flexibility index (Phi) is 6.59. The van der Waals surface area contributed by atoms with Crippen LogP contribution in [0.4, 0.5) is 11.5 Å². The van der Waals surface area contributed by atoms with Crippen molar-refractivity contribution >= 4 is 17.4 Å². The third-order valence-corrected chi connectivity index (χ3v) is 5.54. The largest absolute Gasteiger partial charge is 0.379 e. The lowest BCUT2D eigenvalue weighted by Crippen LogP contribution is -2.48. The van der Waals surface area contributed by atoms with Crippen molar-refractivity contribution in [2.45, 2.75) is 0 Å². The maximum absolute atomic E-state index is 12.8. The number of benzene rings is 1. The van der Waals surface area contributed by atoms with Gasteiger partial charge in [-0.1, -0.05) is 18.2 Å². The Morgan fingerprint density at radius 1 is 0.966 bits per heavy atom. The number of amides is 1. The van der Waals surface area contributed by atoms with Gasteiger partial charge in [-0.2, -0.15) is 0 Å². The second-order valence-electron chi connectivity index (χ2n) is 7.43. The minimum atomic E-state index is 0.0603. The molecule has 2 saturated heterocycles. The Hall–Kier alpha value is -2.64. The number of pyridine rings is 1. The lowest BCUT2D eigenvalue weighted by Gasteiger charge is -2.36. The number of carbonyl (C=O) groups is 1. The van der Waals surface area contributed by atoms with E-state index < -0.39 is 0 Å². The molecule has 0 aliphatic carbocycles. The van der Waals surface area contributed by atoms with E-state index in [0.29, 0.717) is 5.56 Å². The molecule has 7 heteroatoms.